The summed E-state index contributed by atoms with van der Waals surface area (Å²) < 4.78 is 0. The van der Waals surface area contributed by atoms with Crippen LogP contribution in [0.1, 0.15) is 120 Å². The quantitative estimate of drug-likeness (QED) is 0.0736. The highest BCUT2D eigenvalue weighted by molar-refractivity contribution is 6.00. The van der Waals surface area contributed by atoms with Crippen molar-refractivity contribution in [1.82, 2.24) is 0 Å². The molecule has 1 rings (SSSR count). The number of phenolic OH excluding ortho intramolecular Hbond substituents is 3. The highest BCUT2D eigenvalue weighted by Crippen LogP contribution is 2.44. The first kappa shape index (κ1) is 26.7. The van der Waals surface area contributed by atoms with Crippen molar-refractivity contribution in [3.63, 3.8) is 0 Å². The molecule has 0 aliphatic rings. The maximum Gasteiger partial charge on any atom is 0.315 e. The lowest BCUT2D eigenvalue weighted by Gasteiger charge is -2.08. The molecule has 1 aromatic carbocycles. The standard InChI is InChI=1S/C24H39NO6/c1-2-3-4-5-6-7-8-9-10-11-12-13-14-15-16-17-21(26)19-18-20(25(30)31)23(28)24(29)22(19)27/h18,27-29H,2-17H2,1H3. The molecule has 0 aliphatic heterocycles. The number of carbonyl (C=O) groups is 1. The lowest BCUT2D eigenvalue weighted by Crippen LogP contribution is -2.02. The molecule has 0 spiro atoms. The molecule has 1 aromatic rings. The molecule has 0 saturated heterocycles. The predicted molar refractivity (Wildman–Crippen MR) is 122 cm³/mol. The number of ketones is 1. The smallest absolute Gasteiger partial charge is 0.315 e. The van der Waals surface area contributed by atoms with Crippen molar-refractivity contribution in [3.05, 3.63) is 21.7 Å². The molecule has 0 heterocycles. The Morgan fingerprint density at radius 1 is 0.742 bits per heavy atom. The SMILES string of the molecule is CCCCCCCCCCCCCCCCCC(=O)c1cc([N+](=O)[O-])c(O)c(O)c1O. The van der Waals surface area contributed by atoms with Gasteiger partial charge in [-0.15, -0.1) is 0 Å². The van der Waals surface area contributed by atoms with Crippen LogP contribution in [-0.2, 0) is 0 Å². The molecule has 0 bridgehead atoms. The second-order valence-corrected chi connectivity index (χ2v) is 8.37. The highest BCUT2D eigenvalue weighted by Gasteiger charge is 2.26. The summed E-state index contributed by atoms with van der Waals surface area (Å²) in [7, 11) is 0. The summed E-state index contributed by atoms with van der Waals surface area (Å²) >= 11 is 0. The zero-order valence-corrected chi connectivity index (χ0v) is 18.9. The van der Waals surface area contributed by atoms with Crippen LogP contribution in [0.2, 0.25) is 0 Å². The molecule has 3 N–H and O–H groups in total. The minimum absolute atomic E-state index is 0.132. The zero-order chi connectivity index (χ0) is 23.1. The van der Waals surface area contributed by atoms with Crippen LogP contribution in [0.15, 0.2) is 6.07 Å². The molecule has 31 heavy (non-hydrogen) atoms. The molecule has 7 nitrogen and oxygen atoms in total. The van der Waals surface area contributed by atoms with Gasteiger partial charge in [-0.25, -0.2) is 0 Å². The summed E-state index contributed by atoms with van der Waals surface area (Å²) in [6, 6.07) is 0.817. The van der Waals surface area contributed by atoms with Crippen LogP contribution < -0.4 is 0 Å². The Bertz CT molecular complexity index is 689. The van der Waals surface area contributed by atoms with Gasteiger partial charge in [0.05, 0.1) is 10.5 Å². The average Bonchev–Trinajstić information content (AvgIpc) is 2.74. The third kappa shape index (κ3) is 10.0. The summed E-state index contributed by atoms with van der Waals surface area (Å²) in [4.78, 5) is 22.3. The lowest BCUT2D eigenvalue weighted by atomic mass is 10.0. The van der Waals surface area contributed by atoms with E-state index in [-0.39, 0.29) is 12.0 Å². The predicted octanol–water partition coefficient (Wildman–Crippen LogP) is 7.16. The fraction of sp³-hybridized carbons (Fsp3) is 0.708. The largest absolute Gasteiger partial charge is 0.504 e. The number of benzene rings is 1. The van der Waals surface area contributed by atoms with Crippen LogP contribution in [-0.4, -0.2) is 26.0 Å². The molecule has 0 atom stereocenters. The molecule has 0 aliphatic carbocycles. The van der Waals surface area contributed by atoms with E-state index in [2.05, 4.69) is 6.92 Å². The topological polar surface area (TPSA) is 121 Å². The summed E-state index contributed by atoms with van der Waals surface area (Å²) in [6.07, 6.45) is 18.3. The van der Waals surface area contributed by atoms with Crippen molar-refractivity contribution in [2.24, 2.45) is 0 Å². The maximum absolute atomic E-state index is 12.3. The van der Waals surface area contributed by atoms with Gasteiger partial charge in [0.1, 0.15) is 0 Å². The molecule has 176 valence electrons. The molecule has 0 unspecified atom stereocenters. The Morgan fingerprint density at radius 3 is 1.58 bits per heavy atom. The van der Waals surface area contributed by atoms with Crippen molar-refractivity contribution in [1.29, 1.82) is 0 Å². The summed E-state index contributed by atoms with van der Waals surface area (Å²) in [6.45, 7) is 2.24. The number of hydrogen-bond acceptors (Lipinski definition) is 6. The summed E-state index contributed by atoms with van der Waals surface area (Å²) in [5, 5.41) is 39.9. The van der Waals surface area contributed by atoms with Crippen LogP contribution in [0.4, 0.5) is 5.69 Å². The Kier molecular flexibility index (Phi) is 13.3. The van der Waals surface area contributed by atoms with Gasteiger partial charge in [-0.2, -0.15) is 0 Å². The molecular formula is C24H39NO6. The van der Waals surface area contributed by atoms with Gasteiger partial charge in [0.2, 0.25) is 11.5 Å². The normalized spacial score (nSPS) is 11.0. The number of carbonyl (C=O) groups excluding carboxylic acids is 1. The van der Waals surface area contributed by atoms with Crippen molar-refractivity contribution >= 4 is 11.5 Å². The van der Waals surface area contributed by atoms with Gasteiger partial charge in [0, 0.05) is 12.5 Å². The fourth-order valence-electron chi connectivity index (χ4n) is 3.78. The first-order valence-corrected chi connectivity index (χ1v) is 11.9. The van der Waals surface area contributed by atoms with Crippen LogP contribution >= 0.6 is 0 Å². The molecule has 0 amide bonds. The van der Waals surface area contributed by atoms with Crippen LogP contribution in [0.25, 0.3) is 0 Å². The van der Waals surface area contributed by atoms with Crippen molar-refractivity contribution < 1.29 is 25.0 Å². The lowest BCUT2D eigenvalue weighted by molar-refractivity contribution is -0.386. The Morgan fingerprint density at radius 2 is 1.16 bits per heavy atom. The molecular weight excluding hydrogens is 398 g/mol. The maximum atomic E-state index is 12.3. The minimum atomic E-state index is -1.04. The zero-order valence-electron chi connectivity index (χ0n) is 18.9. The number of nitro benzene ring substituents is 1. The third-order valence-electron chi connectivity index (χ3n) is 5.73. The number of unbranched alkanes of at least 4 members (excludes halogenated alkanes) is 14. The molecule has 0 fully saturated rings. The Hall–Kier alpha value is -2.31. The second kappa shape index (κ2) is 15.5. The van der Waals surface area contributed by atoms with E-state index >= 15 is 0 Å². The molecule has 0 saturated carbocycles. The van der Waals surface area contributed by atoms with Crippen molar-refractivity contribution in [3.8, 4) is 17.2 Å². The van der Waals surface area contributed by atoms with Gasteiger partial charge in [-0.3, -0.25) is 14.9 Å². The number of nitro groups is 1. The summed E-state index contributed by atoms with van der Waals surface area (Å²) in [5.41, 5.74) is -1.12. The average molecular weight is 438 g/mol. The third-order valence-corrected chi connectivity index (χ3v) is 5.73. The Labute approximate surface area is 185 Å². The number of phenols is 3. The molecule has 0 radical (unpaired) electrons. The first-order chi connectivity index (χ1) is 14.9. The van der Waals surface area contributed by atoms with Crippen molar-refractivity contribution in [2.75, 3.05) is 0 Å². The molecule has 7 heteroatoms. The van der Waals surface area contributed by atoms with E-state index in [9.17, 15) is 30.2 Å². The van der Waals surface area contributed by atoms with E-state index in [1.807, 2.05) is 0 Å². The van der Waals surface area contributed by atoms with Gasteiger partial charge in [-0.1, -0.05) is 96.8 Å². The number of aromatic hydroxyl groups is 3. The van der Waals surface area contributed by atoms with Gasteiger partial charge in [-0.05, 0) is 6.42 Å². The van der Waals surface area contributed by atoms with Gasteiger partial charge < -0.3 is 15.3 Å². The van der Waals surface area contributed by atoms with Crippen LogP contribution in [0, 0.1) is 10.1 Å². The van der Waals surface area contributed by atoms with E-state index < -0.39 is 33.6 Å². The monoisotopic (exact) mass is 437 g/mol. The number of hydrogen-bond donors (Lipinski definition) is 3. The van der Waals surface area contributed by atoms with Crippen LogP contribution in [0.5, 0.6) is 17.2 Å². The number of Topliss-reactive ketones (excluding diaryl/α,β-unsaturated/α-hetero) is 1. The number of nitrogens with zero attached hydrogens (tertiary/aromatic N) is 1. The highest BCUT2D eigenvalue weighted by atomic mass is 16.6. The molecule has 0 aromatic heterocycles. The van der Waals surface area contributed by atoms with Gasteiger partial charge in [0.25, 0.3) is 0 Å². The van der Waals surface area contributed by atoms with E-state index in [0.717, 1.165) is 25.3 Å². The van der Waals surface area contributed by atoms with E-state index in [1.165, 1.54) is 70.6 Å². The Balaban J connectivity index is 2.12. The van der Waals surface area contributed by atoms with Crippen LogP contribution in [0.3, 0.4) is 0 Å². The summed E-state index contributed by atoms with van der Waals surface area (Å²) in [5.74, 6) is -3.36. The second-order valence-electron chi connectivity index (χ2n) is 8.37. The van der Waals surface area contributed by atoms with E-state index in [1.54, 1.807) is 0 Å². The van der Waals surface area contributed by atoms with Gasteiger partial charge >= 0.3 is 5.69 Å². The number of rotatable bonds is 18. The van der Waals surface area contributed by atoms with E-state index in [0.29, 0.717) is 6.42 Å². The van der Waals surface area contributed by atoms with Gasteiger partial charge in [0.15, 0.2) is 11.5 Å². The minimum Gasteiger partial charge on any atom is -0.504 e. The van der Waals surface area contributed by atoms with E-state index in [4.69, 9.17) is 0 Å². The first-order valence-electron chi connectivity index (χ1n) is 11.9. The van der Waals surface area contributed by atoms with Crippen molar-refractivity contribution in [2.45, 2.75) is 110 Å². The fourth-order valence-corrected chi connectivity index (χ4v) is 3.78.